The Morgan fingerprint density at radius 3 is 3.06 bits per heavy atom. The van der Waals surface area contributed by atoms with Crippen LogP contribution in [0, 0.1) is 0 Å². The molecule has 3 N–H and O–H groups in total. The number of nitrogens with one attached hydrogen (secondary N) is 1. The van der Waals surface area contributed by atoms with E-state index >= 15 is 0 Å². The smallest absolute Gasteiger partial charge is 0.239 e. The van der Waals surface area contributed by atoms with Gasteiger partial charge < -0.3 is 15.8 Å². The lowest BCUT2D eigenvalue weighted by Crippen LogP contribution is -2.44. The van der Waals surface area contributed by atoms with Gasteiger partial charge in [-0.3, -0.25) is 9.48 Å². The SMILES string of the molecule is COCC(N)C(=O)NCCc1ccn(C)n1. The van der Waals surface area contributed by atoms with Crippen LogP contribution in [0.25, 0.3) is 0 Å². The van der Waals surface area contributed by atoms with E-state index in [4.69, 9.17) is 10.5 Å². The van der Waals surface area contributed by atoms with Crippen LogP contribution in [-0.4, -0.2) is 42.0 Å². The van der Waals surface area contributed by atoms with Gasteiger partial charge in [0.1, 0.15) is 6.04 Å². The van der Waals surface area contributed by atoms with Crippen LogP contribution in [-0.2, 0) is 23.0 Å². The van der Waals surface area contributed by atoms with Gasteiger partial charge in [-0.25, -0.2) is 0 Å². The van der Waals surface area contributed by atoms with Crippen LogP contribution in [0.4, 0.5) is 0 Å². The van der Waals surface area contributed by atoms with E-state index in [0.717, 1.165) is 5.69 Å². The molecule has 1 unspecified atom stereocenters. The van der Waals surface area contributed by atoms with Crippen molar-refractivity contribution in [2.45, 2.75) is 12.5 Å². The molecule has 0 bridgehead atoms. The standard InChI is InChI=1S/C10H18N4O2/c1-14-6-4-8(13-14)3-5-12-10(15)9(11)7-16-2/h4,6,9H,3,5,7,11H2,1-2H3,(H,12,15). The Morgan fingerprint density at radius 2 is 2.50 bits per heavy atom. The fraction of sp³-hybridized carbons (Fsp3) is 0.600. The summed E-state index contributed by atoms with van der Waals surface area (Å²) in [5.41, 5.74) is 6.50. The van der Waals surface area contributed by atoms with Crippen molar-refractivity contribution in [3.05, 3.63) is 18.0 Å². The Morgan fingerprint density at radius 1 is 1.75 bits per heavy atom. The molecule has 0 aliphatic rings. The van der Waals surface area contributed by atoms with Gasteiger partial charge in [0.05, 0.1) is 12.3 Å². The lowest BCUT2D eigenvalue weighted by atomic mass is 10.3. The van der Waals surface area contributed by atoms with E-state index in [9.17, 15) is 4.79 Å². The fourth-order valence-electron chi connectivity index (χ4n) is 1.30. The Bertz CT molecular complexity index is 337. The van der Waals surface area contributed by atoms with Crippen LogP contribution in [0.15, 0.2) is 12.3 Å². The third kappa shape index (κ3) is 4.00. The molecule has 0 fully saturated rings. The third-order valence-electron chi connectivity index (χ3n) is 2.13. The Labute approximate surface area is 94.8 Å². The summed E-state index contributed by atoms with van der Waals surface area (Å²) in [7, 11) is 3.37. The van der Waals surface area contributed by atoms with E-state index in [1.807, 2.05) is 19.3 Å². The molecule has 16 heavy (non-hydrogen) atoms. The molecule has 1 aromatic heterocycles. The number of carbonyl (C=O) groups excluding carboxylic acids is 1. The lowest BCUT2D eigenvalue weighted by molar-refractivity contribution is -0.123. The molecule has 0 aromatic carbocycles. The number of aromatic nitrogens is 2. The molecule has 90 valence electrons. The van der Waals surface area contributed by atoms with Crippen molar-refractivity contribution < 1.29 is 9.53 Å². The van der Waals surface area contributed by atoms with E-state index in [1.54, 1.807) is 4.68 Å². The maximum Gasteiger partial charge on any atom is 0.239 e. The largest absolute Gasteiger partial charge is 0.383 e. The Hall–Kier alpha value is -1.40. The molecule has 0 aliphatic carbocycles. The monoisotopic (exact) mass is 226 g/mol. The van der Waals surface area contributed by atoms with Gasteiger partial charge in [-0.2, -0.15) is 5.10 Å². The molecule has 1 heterocycles. The number of rotatable bonds is 6. The third-order valence-corrected chi connectivity index (χ3v) is 2.13. The van der Waals surface area contributed by atoms with Gasteiger partial charge in [0, 0.05) is 33.3 Å². The topological polar surface area (TPSA) is 82.2 Å². The highest BCUT2D eigenvalue weighted by Crippen LogP contribution is 1.94. The summed E-state index contributed by atoms with van der Waals surface area (Å²) < 4.78 is 6.52. The van der Waals surface area contributed by atoms with Crippen molar-refractivity contribution in [1.82, 2.24) is 15.1 Å². The van der Waals surface area contributed by atoms with Gasteiger partial charge in [-0.15, -0.1) is 0 Å². The van der Waals surface area contributed by atoms with E-state index < -0.39 is 6.04 Å². The van der Waals surface area contributed by atoms with Crippen molar-refractivity contribution >= 4 is 5.91 Å². The van der Waals surface area contributed by atoms with Crippen LogP contribution in [0.2, 0.25) is 0 Å². The average molecular weight is 226 g/mol. The second kappa shape index (κ2) is 6.24. The zero-order valence-corrected chi connectivity index (χ0v) is 9.64. The van der Waals surface area contributed by atoms with Gasteiger partial charge in [0.2, 0.25) is 5.91 Å². The molecule has 0 spiro atoms. The van der Waals surface area contributed by atoms with E-state index in [0.29, 0.717) is 13.0 Å². The van der Waals surface area contributed by atoms with Gasteiger partial charge in [-0.1, -0.05) is 0 Å². The molecular formula is C10H18N4O2. The molecule has 1 rings (SSSR count). The number of carbonyl (C=O) groups is 1. The van der Waals surface area contributed by atoms with Crippen molar-refractivity contribution in [1.29, 1.82) is 0 Å². The number of amides is 1. The van der Waals surface area contributed by atoms with Crippen molar-refractivity contribution in [2.75, 3.05) is 20.3 Å². The summed E-state index contributed by atoms with van der Waals surface area (Å²) in [5.74, 6) is -0.196. The zero-order chi connectivity index (χ0) is 12.0. The fourth-order valence-corrected chi connectivity index (χ4v) is 1.30. The first-order chi connectivity index (χ1) is 7.63. The van der Waals surface area contributed by atoms with E-state index in [1.165, 1.54) is 7.11 Å². The molecular weight excluding hydrogens is 208 g/mol. The van der Waals surface area contributed by atoms with Crippen LogP contribution in [0.1, 0.15) is 5.69 Å². The van der Waals surface area contributed by atoms with Gasteiger partial charge in [-0.05, 0) is 6.07 Å². The predicted octanol–water partition coefficient (Wildman–Crippen LogP) is -0.947. The first kappa shape index (κ1) is 12.7. The zero-order valence-electron chi connectivity index (χ0n) is 9.64. The number of nitrogens with two attached hydrogens (primary N) is 1. The molecule has 6 heteroatoms. The number of ether oxygens (including phenoxy) is 1. The van der Waals surface area contributed by atoms with Crippen LogP contribution in [0.5, 0.6) is 0 Å². The van der Waals surface area contributed by atoms with Crippen molar-refractivity contribution in [3.8, 4) is 0 Å². The highest BCUT2D eigenvalue weighted by Gasteiger charge is 2.11. The van der Waals surface area contributed by atoms with Crippen LogP contribution in [0.3, 0.4) is 0 Å². The normalized spacial score (nSPS) is 12.4. The Kier molecular flexibility index (Phi) is 4.94. The first-order valence-electron chi connectivity index (χ1n) is 5.14. The molecule has 0 saturated heterocycles. The molecule has 0 saturated carbocycles. The second-order valence-electron chi connectivity index (χ2n) is 3.58. The summed E-state index contributed by atoms with van der Waals surface area (Å²) >= 11 is 0. The Balaban J connectivity index is 2.22. The minimum absolute atomic E-state index is 0.196. The maximum absolute atomic E-state index is 11.4. The summed E-state index contributed by atoms with van der Waals surface area (Å²) in [5, 5.41) is 6.93. The number of hydrogen-bond donors (Lipinski definition) is 2. The highest BCUT2D eigenvalue weighted by molar-refractivity contribution is 5.81. The highest BCUT2D eigenvalue weighted by atomic mass is 16.5. The molecule has 6 nitrogen and oxygen atoms in total. The second-order valence-corrected chi connectivity index (χ2v) is 3.58. The summed E-state index contributed by atoms with van der Waals surface area (Å²) in [6.45, 7) is 0.767. The number of methoxy groups -OCH3 is 1. The van der Waals surface area contributed by atoms with E-state index in [-0.39, 0.29) is 12.5 Å². The molecule has 1 aromatic rings. The first-order valence-corrected chi connectivity index (χ1v) is 5.14. The van der Waals surface area contributed by atoms with Gasteiger partial charge in [0.25, 0.3) is 0 Å². The van der Waals surface area contributed by atoms with Gasteiger partial charge in [0.15, 0.2) is 0 Å². The summed E-state index contributed by atoms with van der Waals surface area (Å²) in [6.07, 6.45) is 2.57. The molecule has 1 amide bonds. The number of nitrogens with zero attached hydrogens (tertiary/aromatic N) is 2. The van der Waals surface area contributed by atoms with Crippen LogP contribution >= 0.6 is 0 Å². The minimum Gasteiger partial charge on any atom is -0.383 e. The number of hydrogen-bond acceptors (Lipinski definition) is 4. The average Bonchev–Trinajstić information content (AvgIpc) is 2.64. The maximum atomic E-state index is 11.4. The minimum atomic E-state index is -0.603. The van der Waals surface area contributed by atoms with Gasteiger partial charge >= 0.3 is 0 Å². The quantitative estimate of drug-likeness (QED) is 0.655. The summed E-state index contributed by atoms with van der Waals surface area (Å²) in [4.78, 5) is 11.4. The molecule has 1 atom stereocenters. The lowest BCUT2D eigenvalue weighted by Gasteiger charge is -2.10. The van der Waals surface area contributed by atoms with Crippen molar-refractivity contribution in [3.63, 3.8) is 0 Å². The summed E-state index contributed by atoms with van der Waals surface area (Å²) in [6, 6.07) is 1.31. The van der Waals surface area contributed by atoms with Crippen LogP contribution < -0.4 is 11.1 Å². The number of aryl methyl sites for hydroxylation is 1. The predicted molar refractivity (Wildman–Crippen MR) is 59.8 cm³/mol. The van der Waals surface area contributed by atoms with Crippen molar-refractivity contribution in [2.24, 2.45) is 12.8 Å². The molecule has 0 aliphatic heterocycles. The molecule has 0 radical (unpaired) electrons. The van der Waals surface area contributed by atoms with E-state index in [2.05, 4.69) is 10.4 Å².